The fraction of sp³-hybridized carbons (Fsp3) is 0.226. The van der Waals surface area contributed by atoms with Crippen LogP contribution in [0.15, 0.2) is 72.9 Å². The van der Waals surface area contributed by atoms with E-state index in [0.29, 0.717) is 40.9 Å². The van der Waals surface area contributed by atoms with Crippen molar-refractivity contribution in [3.8, 4) is 23.0 Å². The molecule has 0 spiro atoms. The molecule has 0 saturated carbocycles. The van der Waals surface area contributed by atoms with Gasteiger partial charge >= 0.3 is 0 Å². The third-order valence-electron chi connectivity index (χ3n) is 6.72. The summed E-state index contributed by atoms with van der Waals surface area (Å²) in [5.41, 5.74) is 4.81. The Bertz CT molecular complexity index is 1540. The Hall–Kier alpha value is -4.92. The summed E-state index contributed by atoms with van der Waals surface area (Å²) in [6, 6.07) is 18.7. The lowest BCUT2D eigenvalue weighted by molar-refractivity contribution is 0.102. The number of benzene rings is 3. The topological polar surface area (TPSA) is 95.9 Å². The van der Waals surface area contributed by atoms with Gasteiger partial charge in [0.15, 0.2) is 11.5 Å². The minimum atomic E-state index is -0.408. The van der Waals surface area contributed by atoms with Crippen molar-refractivity contribution in [1.82, 2.24) is 9.78 Å². The maximum atomic E-state index is 13.5. The summed E-state index contributed by atoms with van der Waals surface area (Å²) in [4.78, 5) is 13.5. The van der Waals surface area contributed by atoms with Crippen LogP contribution in [0, 0.1) is 6.92 Å². The first-order valence-electron chi connectivity index (χ1n) is 12.9. The Kier molecular flexibility index (Phi) is 7.63. The number of hydrogen-bond acceptors (Lipinski definition) is 7. The smallest absolute Gasteiger partial charge is 0.261 e. The van der Waals surface area contributed by atoms with Gasteiger partial charge in [0.25, 0.3) is 5.91 Å². The van der Waals surface area contributed by atoms with E-state index in [0.717, 1.165) is 28.1 Å². The highest BCUT2D eigenvalue weighted by molar-refractivity contribution is 6.08. The van der Waals surface area contributed by atoms with Crippen molar-refractivity contribution in [3.05, 3.63) is 95.2 Å². The van der Waals surface area contributed by atoms with Crippen molar-refractivity contribution >= 4 is 23.1 Å². The Morgan fingerprint density at radius 2 is 1.62 bits per heavy atom. The van der Waals surface area contributed by atoms with Gasteiger partial charge in [0.1, 0.15) is 28.9 Å². The lowest BCUT2D eigenvalue weighted by Gasteiger charge is -2.28. The van der Waals surface area contributed by atoms with Gasteiger partial charge in [-0.05, 0) is 55.8 Å². The second-order valence-corrected chi connectivity index (χ2v) is 9.23. The largest absolute Gasteiger partial charge is 0.496 e. The molecule has 1 atom stereocenters. The molecule has 1 amide bonds. The molecule has 1 unspecified atom stereocenters. The molecule has 4 aromatic rings. The summed E-state index contributed by atoms with van der Waals surface area (Å²) in [5, 5.41) is 11.0. The van der Waals surface area contributed by atoms with E-state index in [1.807, 2.05) is 44.2 Å². The van der Waals surface area contributed by atoms with E-state index >= 15 is 0 Å². The van der Waals surface area contributed by atoms with Gasteiger partial charge < -0.3 is 29.6 Å². The number of fused-ring (bicyclic) bond motifs is 1. The molecule has 0 saturated heterocycles. The molecule has 0 bridgehead atoms. The van der Waals surface area contributed by atoms with Crippen LogP contribution in [-0.4, -0.2) is 43.6 Å². The summed E-state index contributed by atoms with van der Waals surface area (Å²) in [7, 11) is 4.78. The lowest BCUT2D eigenvalue weighted by Crippen LogP contribution is -2.22. The zero-order chi connectivity index (χ0) is 28.2. The fourth-order valence-electron chi connectivity index (χ4n) is 4.67. The molecule has 40 heavy (non-hydrogen) atoms. The number of rotatable bonds is 9. The van der Waals surface area contributed by atoms with Crippen molar-refractivity contribution in [1.29, 1.82) is 0 Å². The average molecular weight is 541 g/mol. The molecular formula is C31H32N4O5. The number of amides is 1. The molecule has 3 aromatic carbocycles. The van der Waals surface area contributed by atoms with E-state index < -0.39 is 6.04 Å². The average Bonchev–Trinajstić information content (AvgIpc) is 3.42. The number of ether oxygens (including phenoxy) is 4. The SMILES string of the molecule is CCOc1ccc(NC(=O)c2cnn3c2NC(c2ccc(C)cc2)=CC3c2cc(OC)c(OC)cc2OC)cc1. The van der Waals surface area contributed by atoms with E-state index in [4.69, 9.17) is 18.9 Å². The van der Waals surface area contributed by atoms with Gasteiger partial charge in [0, 0.05) is 23.0 Å². The van der Waals surface area contributed by atoms with Crippen LogP contribution in [0.1, 0.15) is 40.0 Å². The highest BCUT2D eigenvalue weighted by Crippen LogP contribution is 2.43. The molecule has 0 fully saturated rings. The standard InChI is InChI=1S/C31H32N4O5/c1-6-40-22-13-11-21(12-14-22)33-31(36)24-18-32-35-26(23-15-28(38-4)29(39-5)17-27(23)37-3)16-25(34-30(24)35)20-9-7-19(2)8-10-20/h7-18,26,34H,6H2,1-5H3,(H,33,36). The van der Waals surface area contributed by atoms with Crippen LogP contribution < -0.4 is 29.6 Å². The number of nitrogens with zero attached hydrogens (tertiary/aromatic N) is 2. The maximum Gasteiger partial charge on any atom is 0.261 e. The Morgan fingerprint density at radius 3 is 2.27 bits per heavy atom. The predicted octanol–water partition coefficient (Wildman–Crippen LogP) is 5.92. The zero-order valence-electron chi connectivity index (χ0n) is 23.1. The predicted molar refractivity (Wildman–Crippen MR) is 155 cm³/mol. The van der Waals surface area contributed by atoms with E-state index in [2.05, 4.69) is 33.9 Å². The van der Waals surface area contributed by atoms with Crippen LogP contribution in [-0.2, 0) is 0 Å². The van der Waals surface area contributed by atoms with Gasteiger partial charge in [-0.2, -0.15) is 5.10 Å². The molecular weight excluding hydrogens is 508 g/mol. The van der Waals surface area contributed by atoms with Crippen LogP contribution in [0.4, 0.5) is 11.5 Å². The van der Waals surface area contributed by atoms with Crippen molar-refractivity contribution in [2.24, 2.45) is 0 Å². The Labute approximate surface area is 233 Å². The monoisotopic (exact) mass is 540 g/mol. The first-order chi connectivity index (χ1) is 19.4. The number of aryl methyl sites for hydroxylation is 1. The molecule has 0 aliphatic carbocycles. The first-order valence-corrected chi connectivity index (χ1v) is 12.9. The van der Waals surface area contributed by atoms with Crippen LogP contribution >= 0.6 is 0 Å². The molecule has 2 heterocycles. The molecule has 5 rings (SSSR count). The van der Waals surface area contributed by atoms with E-state index in [1.165, 1.54) is 0 Å². The molecule has 1 aromatic heterocycles. The van der Waals surface area contributed by atoms with Crippen molar-refractivity contribution < 1.29 is 23.7 Å². The third-order valence-corrected chi connectivity index (χ3v) is 6.72. The molecule has 9 heteroatoms. The van der Waals surface area contributed by atoms with Crippen LogP contribution in [0.5, 0.6) is 23.0 Å². The highest BCUT2D eigenvalue weighted by atomic mass is 16.5. The van der Waals surface area contributed by atoms with Gasteiger partial charge in [0.05, 0.1) is 34.1 Å². The van der Waals surface area contributed by atoms with Crippen LogP contribution in [0.25, 0.3) is 5.70 Å². The third kappa shape index (κ3) is 5.18. The molecule has 206 valence electrons. The fourth-order valence-corrected chi connectivity index (χ4v) is 4.67. The van der Waals surface area contributed by atoms with Crippen LogP contribution in [0.3, 0.4) is 0 Å². The van der Waals surface area contributed by atoms with Gasteiger partial charge in [0.2, 0.25) is 0 Å². The summed E-state index contributed by atoms with van der Waals surface area (Å²) in [6.07, 6.45) is 3.63. The number of nitrogens with one attached hydrogen (secondary N) is 2. The number of allylic oxidation sites excluding steroid dienone is 1. The normalized spacial score (nSPS) is 13.9. The van der Waals surface area contributed by atoms with Crippen LogP contribution in [0.2, 0.25) is 0 Å². The van der Waals surface area contributed by atoms with Crippen molar-refractivity contribution in [2.45, 2.75) is 19.9 Å². The van der Waals surface area contributed by atoms with Gasteiger partial charge in [-0.3, -0.25) is 4.79 Å². The van der Waals surface area contributed by atoms with Crippen molar-refractivity contribution in [2.75, 3.05) is 38.6 Å². The number of carbonyl (C=O) groups is 1. The van der Waals surface area contributed by atoms with Crippen molar-refractivity contribution in [3.63, 3.8) is 0 Å². The summed E-state index contributed by atoms with van der Waals surface area (Å²) in [6.45, 7) is 4.54. The Morgan fingerprint density at radius 1 is 0.950 bits per heavy atom. The number of anilines is 2. The van der Waals surface area contributed by atoms with Gasteiger partial charge in [-0.15, -0.1) is 0 Å². The zero-order valence-corrected chi connectivity index (χ0v) is 23.1. The van der Waals surface area contributed by atoms with E-state index in [-0.39, 0.29) is 5.91 Å². The second-order valence-electron chi connectivity index (χ2n) is 9.23. The molecule has 9 nitrogen and oxygen atoms in total. The molecule has 2 N–H and O–H groups in total. The quantitative estimate of drug-likeness (QED) is 0.272. The summed E-state index contributed by atoms with van der Waals surface area (Å²) in [5.74, 6) is 2.72. The van der Waals surface area contributed by atoms with Gasteiger partial charge in [-0.25, -0.2) is 4.68 Å². The number of carbonyl (C=O) groups excluding carboxylic acids is 1. The number of methoxy groups -OCH3 is 3. The first kappa shape index (κ1) is 26.7. The summed E-state index contributed by atoms with van der Waals surface area (Å²) < 4.78 is 24.1. The maximum absolute atomic E-state index is 13.5. The molecule has 1 aliphatic heterocycles. The minimum absolute atomic E-state index is 0.291. The number of aromatic nitrogens is 2. The molecule has 1 aliphatic rings. The second kappa shape index (κ2) is 11.4. The molecule has 0 radical (unpaired) electrons. The lowest BCUT2D eigenvalue weighted by atomic mass is 9.99. The van der Waals surface area contributed by atoms with Gasteiger partial charge in [-0.1, -0.05) is 29.8 Å². The van der Waals surface area contributed by atoms with E-state index in [1.54, 1.807) is 50.4 Å². The summed E-state index contributed by atoms with van der Waals surface area (Å²) >= 11 is 0. The Balaban J connectivity index is 1.58. The van der Waals surface area contributed by atoms with E-state index in [9.17, 15) is 4.79 Å². The number of hydrogen-bond donors (Lipinski definition) is 2. The highest BCUT2D eigenvalue weighted by Gasteiger charge is 2.30. The minimum Gasteiger partial charge on any atom is -0.496 e.